The van der Waals surface area contributed by atoms with E-state index >= 15 is 0 Å². The Morgan fingerprint density at radius 1 is 1.25 bits per heavy atom. The highest BCUT2D eigenvalue weighted by molar-refractivity contribution is 7.92. The molecule has 1 aromatic heterocycles. The van der Waals surface area contributed by atoms with Crippen molar-refractivity contribution in [3.05, 3.63) is 47.5 Å². The minimum absolute atomic E-state index is 0.0839. The van der Waals surface area contributed by atoms with Crippen LogP contribution in [-0.4, -0.2) is 29.5 Å². The zero-order valence-electron chi connectivity index (χ0n) is 9.82. The fraction of sp³-hybridized carbons (Fsp3) is 0. The van der Waals surface area contributed by atoms with E-state index in [9.17, 15) is 13.2 Å². The highest BCUT2D eigenvalue weighted by Crippen LogP contribution is 2.24. The minimum Gasteiger partial charge on any atom is -0.478 e. The molecule has 104 valence electrons. The Kier molecular flexibility index (Phi) is 3.86. The van der Waals surface area contributed by atoms with Crippen LogP contribution in [0.3, 0.4) is 0 Å². The zero-order valence-corrected chi connectivity index (χ0v) is 11.4. The lowest BCUT2D eigenvalue weighted by atomic mass is 10.2. The molecule has 0 atom stereocenters. The maximum atomic E-state index is 12.2. The highest BCUT2D eigenvalue weighted by atomic mass is 35.5. The van der Waals surface area contributed by atoms with Gasteiger partial charge in [-0.1, -0.05) is 11.6 Å². The van der Waals surface area contributed by atoms with Gasteiger partial charge >= 0.3 is 5.97 Å². The Morgan fingerprint density at radius 3 is 2.50 bits per heavy atom. The van der Waals surface area contributed by atoms with Crippen molar-refractivity contribution >= 4 is 33.3 Å². The van der Waals surface area contributed by atoms with Crippen molar-refractivity contribution in [2.75, 3.05) is 4.72 Å². The van der Waals surface area contributed by atoms with Gasteiger partial charge in [-0.3, -0.25) is 4.72 Å². The van der Waals surface area contributed by atoms with Crippen LogP contribution in [0.25, 0.3) is 0 Å². The summed E-state index contributed by atoms with van der Waals surface area (Å²) in [6.07, 6.45) is 3.77. The molecular formula is C11H8ClN3O4S. The number of sulfonamides is 1. The van der Waals surface area contributed by atoms with Crippen molar-refractivity contribution in [1.29, 1.82) is 0 Å². The molecule has 0 unspecified atom stereocenters. The lowest BCUT2D eigenvalue weighted by Crippen LogP contribution is -2.14. The summed E-state index contributed by atoms with van der Waals surface area (Å²) >= 11 is 5.81. The summed E-state index contributed by atoms with van der Waals surface area (Å²) in [5.74, 6) is -1.25. The van der Waals surface area contributed by atoms with E-state index < -0.39 is 16.0 Å². The van der Waals surface area contributed by atoms with E-state index in [1.165, 1.54) is 30.9 Å². The van der Waals surface area contributed by atoms with Gasteiger partial charge in [0, 0.05) is 0 Å². The number of aromatic nitrogens is 2. The lowest BCUT2D eigenvalue weighted by molar-refractivity contribution is 0.0696. The monoisotopic (exact) mass is 313 g/mol. The molecule has 1 aromatic carbocycles. The summed E-state index contributed by atoms with van der Waals surface area (Å²) in [5.41, 5.74) is -0.0385. The van der Waals surface area contributed by atoms with E-state index in [-0.39, 0.29) is 21.2 Å². The van der Waals surface area contributed by atoms with Crippen LogP contribution in [-0.2, 0) is 10.0 Å². The third-order valence-corrected chi connectivity index (χ3v) is 4.14. The number of hydrogen-bond donors (Lipinski definition) is 2. The Morgan fingerprint density at radius 2 is 1.90 bits per heavy atom. The summed E-state index contributed by atoms with van der Waals surface area (Å²) in [6, 6.07) is 3.41. The number of carboxylic acid groups (broad SMARTS) is 1. The van der Waals surface area contributed by atoms with Gasteiger partial charge in [0.15, 0.2) is 0 Å². The van der Waals surface area contributed by atoms with Crippen LogP contribution < -0.4 is 4.72 Å². The molecule has 9 heteroatoms. The van der Waals surface area contributed by atoms with Crippen molar-refractivity contribution in [2.45, 2.75) is 4.90 Å². The SMILES string of the molecule is O=C(O)c1ccc(Cl)c(S(=O)(=O)Nc2cncnc2)c1. The van der Waals surface area contributed by atoms with Crippen LogP contribution in [0, 0.1) is 0 Å². The Balaban J connectivity index is 2.44. The standard InChI is InChI=1S/C11H8ClN3O4S/c12-9-2-1-7(11(16)17)3-10(9)20(18,19)15-8-4-13-6-14-5-8/h1-6,15H,(H,16,17). The molecule has 7 nitrogen and oxygen atoms in total. The minimum atomic E-state index is -4.03. The second-order valence-electron chi connectivity index (χ2n) is 3.68. The molecule has 0 saturated carbocycles. The van der Waals surface area contributed by atoms with Crippen LogP contribution in [0.5, 0.6) is 0 Å². The molecule has 0 spiro atoms. The molecule has 2 N–H and O–H groups in total. The molecule has 0 radical (unpaired) electrons. The normalized spacial score (nSPS) is 11.1. The van der Waals surface area contributed by atoms with Crippen molar-refractivity contribution in [3.63, 3.8) is 0 Å². The van der Waals surface area contributed by atoms with Crippen LogP contribution in [0.15, 0.2) is 41.8 Å². The first-order chi connectivity index (χ1) is 9.40. The molecule has 0 bridgehead atoms. The lowest BCUT2D eigenvalue weighted by Gasteiger charge is -2.09. The molecule has 0 aliphatic heterocycles. The Bertz CT molecular complexity index is 750. The van der Waals surface area contributed by atoms with Crippen molar-refractivity contribution in [1.82, 2.24) is 9.97 Å². The van der Waals surface area contributed by atoms with Crippen molar-refractivity contribution in [2.24, 2.45) is 0 Å². The first-order valence-corrected chi connectivity index (χ1v) is 7.07. The van der Waals surface area contributed by atoms with Gasteiger partial charge in [-0.25, -0.2) is 23.2 Å². The fourth-order valence-corrected chi connectivity index (χ4v) is 2.96. The highest BCUT2D eigenvalue weighted by Gasteiger charge is 2.20. The molecule has 20 heavy (non-hydrogen) atoms. The summed E-state index contributed by atoms with van der Waals surface area (Å²) in [4.78, 5) is 17.9. The molecule has 0 saturated heterocycles. The van der Waals surface area contributed by atoms with Gasteiger partial charge < -0.3 is 5.11 Å². The van der Waals surface area contributed by atoms with Gasteiger partial charge in [0.25, 0.3) is 10.0 Å². The van der Waals surface area contributed by atoms with Gasteiger partial charge in [-0.15, -0.1) is 0 Å². The second kappa shape index (κ2) is 5.43. The predicted octanol–water partition coefficient (Wildman–Crippen LogP) is 1.63. The predicted molar refractivity (Wildman–Crippen MR) is 71.3 cm³/mol. The number of nitrogens with one attached hydrogen (secondary N) is 1. The summed E-state index contributed by atoms with van der Waals surface area (Å²) in [6.45, 7) is 0. The van der Waals surface area contributed by atoms with Crippen LogP contribution in [0.4, 0.5) is 5.69 Å². The van der Waals surface area contributed by atoms with E-state index in [0.717, 1.165) is 6.07 Å². The number of benzene rings is 1. The van der Waals surface area contributed by atoms with Gasteiger partial charge in [-0.05, 0) is 18.2 Å². The number of nitrogens with zero attached hydrogens (tertiary/aromatic N) is 2. The molecule has 2 rings (SSSR count). The number of halogens is 1. The van der Waals surface area contributed by atoms with E-state index in [0.29, 0.717) is 0 Å². The van der Waals surface area contributed by atoms with Crippen molar-refractivity contribution < 1.29 is 18.3 Å². The fourth-order valence-electron chi connectivity index (χ4n) is 1.40. The second-order valence-corrected chi connectivity index (χ2v) is 5.74. The number of anilines is 1. The molecule has 0 aliphatic rings. The van der Waals surface area contributed by atoms with Gasteiger partial charge in [0.1, 0.15) is 11.2 Å². The van der Waals surface area contributed by atoms with Crippen LogP contribution in [0.2, 0.25) is 5.02 Å². The molecule has 0 aliphatic carbocycles. The summed E-state index contributed by atoms with van der Waals surface area (Å²) < 4.78 is 26.5. The maximum absolute atomic E-state index is 12.2. The third-order valence-electron chi connectivity index (χ3n) is 2.28. The van der Waals surface area contributed by atoms with Gasteiger partial charge in [0.2, 0.25) is 0 Å². The number of carboxylic acids is 1. The van der Waals surface area contributed by atoms with E-state index in [2.05, 4.69) is 14.7 Å². The Labute approximate surface area is 119 Å². The largest absolute Gasteiger partial charge is 0.478 e. The molecular weight excluding hydrogens is 306 g/mol. The quantitative estimate of drug-likeness (QED) is 0.887. The average molecular weight is 314 g/mol. The smallest absolute Gasteiger partial charge is 0.335 e. The van der Waals surface area contributed by atoms with E-state index in [4.69, 9.17) is 16.7 Å². The van der Waals surface area contributed by atoms with Gasteiger partial charge in [-0.2, -0.15) is 0 Å². The van der Waals surface area contributed by atoms with Crippen molar-refractivity contribution in [3.8, 4) is 0 Å². The topological polar surface area (TPSA) is 109 Å². The number of hydrogen-bond acceptors (Lipinski definition) is 5. The molecule has 0 amide bonds. The number of carbonyl (C=O) groups is 1. The average Bonchev–Trinajstić information content (AvgIpc) is 2.39. The number of aromatic carboxylic acids is 1. The summed E-state index contributed by atoms with van der Waals surface area (Å²) in [7, 11) is -4.03. The van der Waals surface area contributed by atoms with Gasteiger partial charge in [0.05, 0.1) is 28.7 Å². The third kappa shape index (κ3) is 3.03. The van der Waals surface area contributed by atoms with Crippen LogP contribution >= 0.6 is 11.6 Å². The molecule has 0 fully saturated rings. The van der Waals surface area contributed by atoms with E-state index in [1.807, 2.05) is 0 Å². The maximum Gasteiger partial charge on any atom is 0.335 e. The number of rotatable bonds is 4. The van der Waals surface area contributed by atoms with E-state index in [1.54, 1.807) is 0 Å². The molecule has 1 heterocycles. The molecule has 2 aromatic rings. The Hall–Kier alpha value is -2.19. The first kappa shape index (κ1) is 14.2. The van der Waals surface area contributed by atoms with Crippen LogP contribution in [0.1, 0.15) is 10.4 Å². The summed E-state index contributed by atoms with van der Waals surface area (Å²) in [5, 5.41) is 8.79. The first-order valence-electron chi connectivity index (χ1n) is 5.21. The zero-order chi connectivity index (χ0) is 14.8.